The maximum atomic E-state index is 12.8. The number of benzene rings is 1. The average molecular weight is 153 g/mol. The summed E-state index contributed by atoms with van der Waals surface area (Å²) in [5, 5.41) is 10.9. The van der Waals surface area contributed by atoms with Crippen molar-refractivity contribution in [1.29, 1.82) is 0 Å². The zero-order valence-electron chi connectivity index (χ0n) is 6.08. The number of halogens is 1. The molecule has 3 heteroatoms. The molecule has 0 saturated heterocycles. The van der Waals surface area contributed by atoms with E-state index in [0.29, 0.717) is 11.1 Å². The summed E-state index contributed by atoms with van der Waals surface area (Å²) in [6, 6.07) is 4.62. The smallest absolute Gasteiger partial charge is 0.126 e. The molecule has 1 aromatic carbocycles. The normalized spacial score (nSPS) is 10.7. The van der Waals surface area contributed by atoms with Gasteiger partial charge in [-0.15, -0.1) is 0 Å². The largest absolute Gasteiger partial charge is 0.411 e. The van der Waals surface area contributed by atoms with Crippen LogP contribution in [0.5, 0.6) is 0 Å². The minimum Gasteiger partial charge on any atom is -0.411 e. The molecule has 1 aromatic rings. The second kappa shape index (κ2) is 3.14. The average Bonchev–Trinajstić information content (AvgIpc) is 1.98. The number of rotatable bonds is 1. The summed E-state index contributed by atoms with van der Waals surface area (Å²) < 4.78 is 12.8. The monoisotopic (exact) mass is 153 g/mol. The molecule has 0 saturated carbocycles. The van der Waals surface area contributed by atoms with E-state index in [1.165, 1.54) is 12.3 Å². The molecule has 0 heterocycles. The topological polar surface area (TPSA) is 32.6 Å². The third kappa shape index (κ3) is 1.77. The van der Waals surface area contributed by atoms with Gasteiger partial charge < -0.3 is 5.21 Å². The van der Waals surface area contributed by atoms with Crippen molar-refractivity contribution < 1.29 is 9.60 Å². The maximum Gasteiger partial charge on any atom is 0.126 e. The van der Waals surface area contributed by atoms with Crippen molar-refractivity contribution >= 4 is 6.21 Å². The van der Waals surface area contributed by atoms with E-state index in [0.717, 1.165) is 0 Å². The van der Waals surface area contributed by atoms with Gasteiger partial charge in [0.1, 0.15) is 5.82 Å². The molecule has 0 aromatic heterocycles. The molecule has 0 amide bonds. The highest BCUT2D eigenvalue weighted by Gasteiger charge is 1.96. The molecule has 2 nitrogen and oxygen atoms in total. The lowest BCUT2D eigenvalue weighted by Gasteiger charge is -1.95. The van der Waals surface area contributed by atoms with Crippen LogP contribution in [-0.4, -0.2) is 11.4 Å². The second-order valence-electron chi connectivity index (χ2n) is 2.25. The first kappa shape index (κ1) is 7.72. The van der Waals surface area contributed by atoms with Gasteiger partial charge >= 0.3 is 0 Å². The molecule has 0 spiro atoms. The second-order valence-corrected chi connectivity index (χ2v) is 2.25. The molecule has 0 fully saturated rings. The first-order chi connectivity index (χ1) is 5.24. The van der Waals surface area contributed by atoms with E-state index in [2.05, 4.69) is 5.16 Å². The summed E-state index contributed by atoms with van der Waals surface area (Å²) >= 11 is 0. The summed E-state index contributed by atoms with van der Waals surface area (Å²) in [5.74, 6) is -0.289. The Kier molecular flexibility index (Phi) is 2.21. The van der Waals surface area contributed by atoms with Crippen LogP contribution in [0.2, 0.25) is 0 Å². The minimum atomic E-state index is -0.289. The van der Waals surface area contributed by atoms with Gasteiger partial charge in [-0.2, -0.15) is 0 Å². The van der Waals surface area contributed by atoms with Gasteiger partial charge in [0.2, 0.25) is 0 Å². The molecule has 0 radical (unpaired) electrons. The van der Waals surface area contributed by atoms with Gasteiger partial charge in [-0.05, 0) is 24.1 Å². The fourth-order valence-electron chi connectivity index (χ4n) is 0.756. The predicted octanol–water partition coefficient (Wildman–Crippen LogP) is 1.94. The van der Waals surface area contributed by atoms with Crippen molar-refractivity contribution in [3.63, 3.8) is 0 Å². The Balaban J connectivity index is 3.05. The molecular formula is C8H8FNO. The van der Waals surface area contributed by atoms with Gasteiger partial charge in [0.05, 0.1) is 6.21 Å². The van der Waals surface area contributed by atoms with Crippen molar-refractivity contribution in [3.05, 3.63) is 35.1 Å². The molecule has 1 N–H and O–H groups in total. The third-order valence-electron chi connectivity index (χ3n) is 1.40. The van der Waals surface area contributed by atoms with Gasteiger partial charge in [-0.25, -0.2) is 4.39 Å². The molecule has 1 rings (SSSR count). The van der Waals surface area contributed by atoms with Crippen LogP contribution < -0.4 is 0 Å². The molecule has 11 heavy (non-hydrogen) atoms. The van der Waals surface area contributed by atoms with Crippen LogP contribution in [0.15, 0.2) is 23.4 Å². The quantitative estimate of drug-likeness (QED) is 0.373. The summed E-state index contributed by atoms with van der Waals surface area (Å²) in [4.78, 5) is 0. The van der Waals surface area contributed by atoms with Gasteiger partial charge in [0.15, 0.2) is 0 Å². The van der Waals surface area contributed by atoms with Crippen molar-refractivity contribution in [3.8, 4) is 0 Å². The highest BCUT2D eigenvalue weighted by Crippen LogP contribution is 2.06. The van der Waals surface area contributed by atoms with E-state index in [9.17, 15) is 4.39 Å². The van der Waals surface area contributed by atoms with Crippen molar-refractivity contribution in [2.75, 3.05) is 0 Å². The standard InChI is InChI=1S/C8H8FNO/c1-6-2-3-7(5-10-11)4-8(6)9/h2-5,11H,1H3/b10-5+. The molecule has 0 aliphatic rings. The van der Waals surface area contributed by atoms with E-state index in [4.69, 9.17) is 5.21 Å². The fraction of sp³-hybridized carbons (Fsp3) is 0.125. The Morgan fingerprint density at radius 1 is 1.55 bits per heavy atom. The van der Waals surface area contributed by atoms with E-state index < -0.39 is 0 Å². The molecule has 0 aliphatic carbocycles. The number of aryl methyl sites for hydroxylation is 1. The van der Waals surface area contributed by atoms with E-state index in [1.54, 1.807) is 19.1 Å². The van der Waals surface area contributed by atoms with Crippen LogP contribution in [0.4, 0.5) is 4.39 Å². The summed E-state index contributed by atoms with van der Waals surface area (Å²) in [5.41, 5.74) is 1.13. The molecule has 0 atom stereocenters. The van der Waals surface area contributed by atoms with Gasteiger partial charge in [0.25, 0.3) is 0 Å². The molecule has 58 valence electrons. The van der Waals surface area contributed by atoms with Crippen LogP contribution >= 0.6 is 0 Å². The predicted molar refractivity (Wildman–Crippen MR) is 40.5 cm³/mol. The Labute approximate surface area is 64.0 Å². The SMILES string of the molecule is Cc1ccc(/C=N/O)cc1F. The number of hydrogen-bond donors (Lipinski definition) is 1. The Morgan fingerprint density at radius 3 is 2.82 bits per heavy atom. The first-order valence-corrected chi connectivity index (χ1v) is 3.17. The number of hydrogen-bond acceptors (Lipinski definition) is 2. The van der Waals surface area contributed by atoms with Crippen molar-refractivity contribution in [1.82, 2.24) is 0 Å². The lowest BCUT2D eigenvalue weighted by molar-refractivity contribution is 0.322. The molecule has 0 bridgehead atoms. The Hall–Kier alpha value is -1.38. The zero-order chi connectivity index (χ0) is 8.27. The lowest BCUT2D eigenvalue weighted by Crippen LogP contribution is -1.86. The zero-order valence-corrected chi connectivity index (χ0v) is 6.08. The Morgan fingerprint density at radius 2 is 2.27 bits per heavy atom. The van der Waals surface area contributed by atoms with Crippen LogP contribution in [0.3, 0.4) is 0 Å². The minimum absolute atomic E-state index is 0.289. The number of oxime groups is 1. The molecular weight excluding hydrogens is 145 g/mol. The lowest BCUT2D eigenvalue weighted by atomic mass is 10.1. The molecule has 0 aliphatic heterocycles. The van der Waals surface area contributed by atoms with Crippen LogP contribution in [0.1, 0.15) is 11.1 Å². The van der Waals surface area contributed by atoms with Gasteiger partial charge in [-0.3, -0.25) is 0 Å². The first-order valence-electron chi connectivity index (χ1n) is 3.17. The Bertz CT molecular complexity index is 283. The van der Waals surface area contributed by atoms with Crippen LogP contribution in [0, 0.1) is 12.7 Å². The molecule has 0 unspecified atom stereocenters. The summed E-state index contributed by atoms with van der Waals surface area (Å²) in [6.45, 7) is 1.68. The van der Waals surface area contributed by atoms with E-state index in [1.807, 2.05) is 0 Å². The van der Waals surface area contributed by atoms with E-state index in [-0.39, 0.29) is 5.82 Å². The highest BCUT2D eigenvalue weighted by molar-refractivity contribution is 5.79. The van der Waals surface area contributed by atoms with Crippen molar-refractivity contribution in [2.24, 2.45) is 5.16 Å². The van der Waals surface area contributed by atoms with Crippen molar-refractivity contribution in [2.45, 2.75) is 6.92 Å². The highest BCUT2D eigenvalue weighted by atomic mass is 19.1. The third-order valence-corrected chi connectivity index (χ3v) is 1.40. The summed E-state index contributed by atoms with van der Waals surface area (Å²) in [6.07, 6.45) is 1.18. The van der Waals surface area contributed by atoms with Crippen LogP contribution in [0.25, 0.3) is 0 Å². The fourth-order valence-corrected chi connectivity index (χ4v) is 0.756. The summed E-state index contributed by atoms with van der Waals surface area (Å²) in [7, 11) is 0. The van der Waals surface area contributed by atoms with Gasteiger partial charge in [0, 0.05) is 0 Å². The van der Waals surface area contributed by atoms with Crippen LogP contribution in [-0.2, 0) is 0 Å². The number of nitrogens with zero attached hydrogens (tertiary/aromatic N) is 1. The van der Waals surface area contributed by atoms with E-state index >= 15 is 0 Å². The maximum absolute atomic E-state index is 12.8. The van der Waals surface area contributed by atoms with Gasteiger partial charge in [-0.1, -0.05) is 17.3 Å².